The van der Waals surface area contributed by atoms with Crippen molar-refractivity contribution in [2.45, 2.75) is 24.3 Å². The molecular formula is C19H20N2O4S. The van der Waals surface area contributed by atoms with Crippen LogP contribution < -0.4 is 15.6 Å². The lowest BCUT2D eigenvalue weighted by molar-refractivity contribution is 0.0920. The summed E-state index contributed by atoms with van der Waals surface area (Å²) < 4.78 is 29.0. The molecule has 2 aromatic rings. The van der Waals surface area contributed by atoms with Crippen LogP contribution in [0.4, 0.5) is 0 Å². The van der Waals surface area contributed by atoms with E-state index in [4.69, 9.17) is 15.6 Å². The molecule has 0 radical (unpaired) electrons. The summed E-state index contributed by atoms with van der Waals surface area (Å²) >= 11 is 0. The summed E-state index contributed by atoms with van der Waals surface area (Å²) in [6.45, 7) is 3.77. The second-order valence-electron chi connectivity index (χ2n) is 6.37. The Labute approximate surface area is 152 Å². The maximum Gasteiger partial charge on any atom is 0.241 e. The molecule has 0 atom stereocenters. The average molecular weight is 372 g/mol. The first kappa shape index (κ1) is 18.2. The number of primary sulfonamides is 1. The molecule has 1 fully saturated rings. The van der Waals surface area contributed by atoms with Crippen LogP contribution in [0.2, 0.25) is 0 Å². The minimum atomic E-state index is -3.91. The number of hydrogen-bond donors (Lipinski definition) is 2. The highest BCUT2D eigenvalue weighted by Gasteiger charge is 2.51. The number of carbonyl (C=O) groups excluding carboxylic acids is 1. The van der Waals surface area contributed by atoms with Gasteiger partial charge in [-0.05, 0) is 25.0 Å². The smallest absolute Gasteiger partial charge is 0.241 e. The van der Waals surface area contributed by atoms with E-state index in [-0.39, 0.29) is 23.0 Å². The van der Waals surface area contributed by atoms with Crippen molar-refractivity contribution in [3.05, 3.63) is 71.9 Å². The van der Waals surface area contributed by atoms with Crippen LogP contribution in [0.15, 0.2) is 65.7 Å². The Bertz CT molecular complexity index is 979. The van der Waals surface area contributed by atoms with Gasteiger partial charge in [0.25, 0.3) is 0 Å². The minimum Gasteiger partial charge on any atom is -0.487 e. The molecule has 136 valence electrons. The molecule has 0 aliphatic heterocycles. The number of rotatable bonds is 7. The Balaban J connectivity index is 1.88. The van der Waals surface area contributed by atoms with Gasteiger partial charge >= 0.3 is 0 Å². The average Bonchev–Trinajstić information content (AvgIpc) is 3.41. The van der Waals surface area contributed by atoms with Crippen LogP contribution in [0.1, 0.15) is 28.8 Å². The first-order chi connectivity index (χ1) is 12.3. The highest BCUT2D eigenvalue weighted by atomic mass is 32.2. The second-order valence-corrected chi connectivity index (χ2v) is 7.90. The molecule has 26 heavy (non-hydrogen) atoms. The van der Waals surface area contributed by atoms with Crippen LogP contribution in [-0.4, -0.2) is 14.2 Å². The highest BCUT2D eigenvalue weighted by Crippen LogP contribution is 2.52. The molecule has 0 amide bonds. The van der Waals surface area contributed by atoms with Crippen molar-refractivity contribution in [3.8, 4) is 5.75 Å². The van der Waals surface area contributed by atoms with Gasteiger partial charge in [-0.1, -0.05) is 43.0 Å². The summed E-state index contributed by atoms with van der Waals surface area (Å²) in [6, 6.07) is 13.2. The zero-order valence-electron chi connectivity index (χ0n) is 14.1. The van der Waals surface area contributed by atoms with E-state index in [9.17, 15) is 13.2 Å². The first-order valence-electron chi connectivity index (χ1n) is 8.08. The summed E-state index contributed by atoms with van der Waals surface area (Å²) in [5, 5.41) is 5.22. The molecule has 0 bridgehead atoms. The summed E-state index contributed by atoms with van der Waals surface area (Å²) in [7, 11) is -3.91. The number of para-hydroxylation sites is 1. The van der Waals surface area contributed by atoms with E-state index in [2.05, 4.69) is 6.58 Å². The summed E-state index contributed by atoms with van der Waals surface area (Å²) in [5.74, 6) is 0.0607. The normalized spacial score (nSPS) is 15.3. The Morgan fingerprint density at radius 2 is 1.73 bits per heavy atom. The zero-order valence-corrected chi connectivity index (χ0v) is 15.0. The zero-order chi connectivity index (χ0) is 18.9. The molecule has 1 aliphatic carbocycles. The molecule has 0 saturated heterocycles. The molecule has 3 rings (SSSR count). The number of ketones is 1. The Morgan fingerprint density at radius 1 is 1.12 bits per heavy atom. The SMILES string of the molecule is C=C(N)C1(C(=O)c2ccccc2COc2ccccc2S(N)(=O)=O)CC1. The maximum absolute atomic E-state index is 12.9. The highest BCUT2D eigenvalue weighted by molar-refractivity contribution is 7.89. The van der Waals surface area contributed by atoms with Gasteiger partial charge in [0.05, 0.1) is 5.41 Å². The molecule has 0 aromatic heterocycles. The molecule has 0 unspecified atom stereocenters. The van der Waals surface area contributed by atoms with Gasteiger partial charge in [-0.2, -0.15) is 0 Å². The fourth-order valence-electron chi connectivity index (χ4n) is 2.90. The van der Waals surface area contributed by atoms with Gasteiger partial charge in [0, 0.05) is 16.8 Å². The molecule has 1 aliphatic rings. The third kappa shape index (κ3) is 3.36. The van der Waals surface area contributed by atoms with Crippen molar-refractivity contribution >= 4 is 15.8 Å². The van der Waals surface area contributed by atoms with E-state index in [0.29, 0.717) is 29.7 Å². The lowest BCUT2D eigenvalue weighted by Gasteiger charge is -2.17. The monoisotopic (exact) mass is 372 g/mol. The molecule has 1 saturated carbocycles. The van der Waals surface area contributed by atoms with Gasteiger partial charge < -0.3 is 10.5 Å². The molecule has 0 heterocycles. The van der Waals surface area contributed by atoms with E-state index in [1.165, 1.54) is 12.1 Å². The van der Waals surface area contributed by atoms with E-state index in [0.717, 1.165) is 0 Å². The quantitative estimate of drug-likeness (QED) is 0.725. The Hall–Kier alpha value is -2.64. The summed E-state index contributed by atoms with van der Waals surface area (Å²) in [4.78, 5) is 12.8. The largest absolute Gasteiger partial charge is 0.487 e. The van der Waals surface area contributed by atoms with Gasteiger partial charge in [-0.25, -0.2) is 13.6 Å². The summed E-state index contributed by atoms with van der Waals surface area (Å²) in [5.41, 5.74) is 6.67. The maximum atomic E-state index is 12.9. The predicted octanol–water partition coefficient (Wildman–Crippen LogP) is 2.35. The third-order valence-electron chi connectivity index (χ3n) is 4.60. The Kier molecular flexibility index (Phi) is 4.60. The molecule has 6 nitrogen and oxygen atoms in total. The van der Waals surface area contributed by atoms with Crippen molar-refractivity contribution in [3.63, 3.8) is 0 Å². The molecule has 2 aromatic carbocycles. The van der Waals surface area contributed by atoms with Gasteiger partial charge in [-0.3, -0.25) is 4.79 Å². The van der Waals surface area contributed by atoms with Crippen LogP contribution in [0.25, 0.3) is 0 Å². The number of benzene rings is 2. The van der Waals surface area contributed by atoms with Gasteiger partial charge in [0.2, 0.25) is 10.0 Å². The number of carbonyl (C=O) groups is 1. The number of Topliss-reactive ketones (excluding diaryl/α,β-unsaturated/α-hetero) is 1. The van der Waals surface area contributed by atoms with Crippen LogP contribution in [0.3, 0.4) is 0 Å². The molecule has 0 spiro atoms. The number of ether oxygens (including phenoxy) is 1. The van der Waals surface area contributed by atoms with E-state index >= 15 is 0 Å². The topological polar surface area (TPSA) is 112 Å². The van der Waals surface area contributed by atoms with Crippen molar-refractivity contribution in [1.29, 1.82) is 0 Å². The fourth-order valence-corrected chi connectivity index (χ4v) is 3.58. The van der Waals surface area contributed by atoms with Gasteiger partial charge in [0.1, 0.15) is 17.3 Å². The van der Waals surface area contributed by atoms with E-state index < -0.39 is 15.4 Å². The van der Waals surface area contributed by atoms with E-state index in [1.54, 1.807) is 36.4 Å². The minimum absolute atomic E-state index is 0.0293. The fraction of sp³-hybridized carbons (Fsp3) is 0.211. The number of allylic oxidation sites excluding steroid dienone is 1. The third-order valence-corrected chi connectivity index (χ3v) is 5.55. The van der Waals surface area contributed by atoms with Crippen molar-refractivity contribution in [2.24, 2.45) is 16.3 Å². The Morgan fingerprint density at radius 3 is 2.35 bits per heavy atom. The lowest BCUT2D eigenvalue weighted by atomic mass is 9.90. The van der Waals surface area contributed by atoms with Crippen LogP contribution in [0.5, 0.6) is 5.75 Å². The van der Waals surface area contributed by atoms with Crippen molar-refractivity contribution in [1.82, 2.24) is 0 Å². The molecule has 4 N–H and O–H groups in total. The number of hydrogen-bond acceptors (Lipinski definition) is 5. The number of nitrogens with two attached hydrogens (primary N) is 2. The van der Waals surface area contributed by atoms with Gasteiger partial charge in [0.15, 0.2) is 5.78 Å². The lowest BCUT2D eigenvalue weighted by Crippen LogP contribution is -2.24. The van der Waals surface area contributed by atoms with E-state index in [1.807, 2.05) is 0 Å². The summed E-state index contributed by atoms with van der Waals surface area (Å²) in [6.07, 6.45) is 1.37. The molecular weight excluding hydrogens is 352 g/mol. The molecule has 7 heteroatoms. The first-order valence-corrected chi connectivity index (χ1v) is 9.62. The van der Waals surface area contributed by atoms with Crippen LogP contribution in [0, 0.1) is 5.41 Å². The van der Waals surface area contributed by atoms with Crippen molar-refractivity contribution in [2.75, 3.05) is 0 Å². The number of sulfonamides is 1. The standard InChI is InChI=1S/C19H20N2O4S/c1-13(20)19(10-11-19)18(22)15-7-3-2-6-14(15)12-25-16-8-4-5-9-17(16)26(21,23)24/h2-9H,1,10-12,20H2,(H2,21,23,24). The van der Waals surface area contributed by atoms with Gasteiger partial charge in [-0.15, -0.1) is 0 Å². The van der Waals surface area contributed by atoms with Crippen LogP contribution >= 0.6 is 0 Å². The van der Waals surface area contributed by atoms with Crippen LogP contribution in [-0.2, 0) is 16.6 Å². The predicted molar refractivity (Wildman–Crippen MR) is 97.9 cm³/mol. The second kappa shape index (κ2) is 6.59. The van der Waals surface area contributed by atoms with Crippen molar-refractivity contribution < 1.29 is 17.9 Å².